The van der Waals surface area contributed by atoms with Crippen LogP contribution in [0.2, 0.25) is 0 Å². The van der Waals surface area contributed by atoms with Gasteiger partial charge in [0.05, 0.1) is 17.0 Å². The van der Waals surface area contributed by atoms with E-state index in [1.165, 1.54) is 12.1 Å². The standard InChI is InChI=1S/C12H14F2N2O4S.ClH/c13-12(14)21(19,20)9-3-1-2-7(4-9)16-11(18)10-5-8(17)6-15-10;/h1-4,8,10,12,15,17H,5-6H2,(H,16,18);1H. The van der Waals surface area contributed by atoms with Crippen LogP contribution in [0, 0.1) is 0 Å². The lowest BCUT2D eigenvalue weighted by molar-refractivity contribution is -0.117. The number of aliphatic hydroxyl groups excluding tert-OH is 1. The molecule has 1 heterocycles. The first-order valence-corrected chi connectivity index (χ1v) is 7.70. The van der Waals surface area contributed by atoms with E-state index in [0.717, 1.165) is 12.1 Å². The number of rotatable bonds is 4. The third kappa shape index (κ3) is 4.13. The normalized spacial score (nSPS) is 21.5. The molecular weight excluding hydrogens is 342 g/mol. The highest BCUT2D eigenvalue weighted by Gasteiger charge is 2.29. The van der Waals surface area contributed by atoms with E-state index in [-0.39, 0.29) is 31.1 Å². The van der Waals surface area contributed by atoms with Gasteiger partial charge >= 0.3 is 5.76 Å². The molecule has 0 bridgehead atoms. The molecule has 2 atom stereocenters. The Hall–Kier alpha value is -1.29. The van der Waals surface area contributed by atoms with Crippen molar-refractivity contribution in [2.24, 2.45) is 0 Å². The number of hydrogen-bond donors (Lipinski definition) is 3. The summed E-state index contributed by atoms with van der Waals surface area (Å²) < 4.78 is 47.7. The molecule has 124 valence electrons. The second-order valence-electron chi connectivity index (χ2n) is 4.67. The average Bonchev–Trinajstić information content (AvgIpc) is 2.85. The third-order valence-corrected chi connectivity index (χ3v) is 4.47. The molecule has 1 aromatic rings. The summed E-state index contributed by atoms with van der Waals surface area (Å²) in [4.78, 5) is 11.3. The summed E-state index contributed by atoms with van der Waals surface area (Å²) in [5.41, 5.74) is 0.102. The predicted octanol–water partition coefficient (Wildman–Crippen LogP) is 0.766. The van der Waals surface area contributed by atoms with E-state index < -0.39 is 38.5 Å². The lowest BCUT2D eigenvalue weighted by Crippen LogP contribution is -2.35. The van der Waals surface area contributed by atoms with Crippen LogP contribution in [0.3, 0.4) is 0 Å². The smallest absolute Gasteiger partial charge is 0.341 e. The number of β-amino-alcohol motifs (C(OH)–C–C–N with tert-alkyl or cyclic N) is 1. The van der Waals surface area contributed by atoms with Crippen molar-refractivity contribution in [2.45, 2.75) is 29.2 Å². The van der Waals surface area contributed by atoms with Crippen molar-refractivity contribution in [1.29, 1.82) is 0 Å². The van der Waals surface area contributed by atoms with Gasteiger partial charge < -0.3 is 15.7 Å². The number of benzene rings is 1. The van der Waals surface area contributed by atoms with Gasteiger partial charge in [0.1, 0.15) is 0 Å². The molecule has 1 aliphatic heterocycles. The Balaban J connectivity index is 0.00000242. The molecule has 1 aliphatic rings. The summed E-state index contributed by atoms with van der Waals surface area (Å²) in [7, 11) is -4.70. The maximum atomic E-state index is 12.5. The Bertz CT molecular complexity index is 642. The molecule has 2 rings (SSSR count). The van der Waals surface area contributed by atoms with Crippen molar-refractivity contribution in [1.82, 2.24) is 5.32 Å². The van der Waals surface area contributed by atoms with E-state index in [2.05, 4.69) is 10.6 Å². The van der Waals surface area contributed by atoms with E-state index in [9.17, 15) is 27.1 Å². The van der Waals surface area contributed by atoms with Crippen LogP contribution >= 0.6 is 12.4 Å². The summed E-state index contributed by atoms with van der Waals surface area (Å²) >= 11 is 0. The first-order valence-electron chi connectivity index (χ1n) is 6.15. The number of halogens is 3. The lowest BCUT2D eigenvalue weighted by Gasteiger charge is -2.12. The van der Waals surface area contributed by atoms with E-state index in [1.807, 2.05) is 0 Å². The highest BCUT2D eigenvalue weighted by Crippen LogP contribution is 2.21. The SMILES string of the molecule is Cl.O=C(Nc1cccc(S(=O)(=O)C(F)F)c1)C1CC(O)CN1. The second-order valence-corrected chi connectivity index (χ2v) is 6.59. The Morgan fingerprint density at radius 3 is 2.64 bits per heavy atom. The van der Waals surface area contributed by atoms with Gasteiger partial charge in [-0.3, -0.25) is 4.79 Å². The Morgan fingerprint density at radius 2 is 2.09 bits per heavy atom. The van der Waals surface area contributed by atoms with Gasteiger partial charge in [0, 0.05) is 12.2 Å². The van der Waals surface area contributed by atoms with Crippen molar-refractivity contribution in [3.63, 3.8) is 0 Å². The molecule has 0 aromatic heterocycles. The molecule has 1 fully saturated rings. The number of carbonyl (C=O) groups is 1. The van der Waals surface area contributed by atoms with Crippen LogP contribution in [0.15, 0.2) is 29.2 Å². The van der Waals surface area contributed by atoms with E-state index in [4.69, 9.17) is 0 Å². The minimum Gasteiger partial charge on any atom is -0.392 e. The fraction of sp³-hybridized carbons (Fsp3) is 0.417. The van der Waals surface area contributed by atoms with Gasteiger partial charge in [-0.05, 0) is 24.6 Å². The molecule has 2 unspecified atom stereocenters. The van der Waals surface area contributed by atoms with Gasteiger partial charge in [-0.2, -0.15) is 8.78 Å². The van der Waals surface area contributed by atoms with E-state index in [1.54, 1.807) is 0 Å². The predicted molar refractivity (Wildman–Crippen MR) is 77.9 cm³/mol. The third-order valence-electron chi connectivity index (χ3n) is 3.09. The molecule has 0 radical (unpaired) electrons. The van der Waals surface area contributed by atoms with Crippen molar-refractivity contribution < 1.29 is 27.1 Å². The van der Waals surface area contributed by atoms with Crippen LogP contribution in [-0.4, -0.2) is 43.9 Å². The summed E-state index contributed by atoms with van der Waals surface area (Å²) in [6.07, 6.45) is -0.382. The maximum Gasteiger partial charge on any atom is 0.341 e. The minimum atomic E-state index is -4.70. The summed E-state index contributed by atoms with van der Waals surface area (Å²) in [6, 6.07) is 4.07. The quantitative estimate of drug-likeness (QED) is 0.740. The first kappa shape index (κ1) is 18.8. The van der Waals surface area contributed by atoms with Crippen LogP contribution in [0.25, 0.3) is 0 Å². The number of aliphatic hydroxyl groups is 1. The zero-order valence-corrected chi connectivity index (χ0v) is 12.8. The van der Waals surface area contributed by atoms with Crippen molar-refractivity contribution >= 4 is 33.8 Å². The summed E-state index contributed by atoms with van der Waals surface area (Å²) in [5, 5.41) is 14.5. The number of anilines is 1. The zero-order valence-electron chi connectivity index (χ0n) is 11.2. The Morgan fingerprint density at radius 1 is 1.41 bits per heavy atom. The Kier molecular flexibility index (Phi) is 6.24. The van der Waals surface area contributed by atoms with Crippen LogP contribution in [-0.2, 0) is 14.6 Å². The molecule has 1 saturated heterocycles. The molecule has 0 aliphatic carbocycles. The molecule has 22 heavy (non-hydrogen) atoms. The fourth-order valence-corrected chi connectivity index (χ4v) is 2.77. The van der Waals surface area contributed by atoms with Crippen LogP contribution in [0.4, 0.5) is 14.5 Å². The monoisotopic (exact) mass is 356 g/mol. The van der Waals surface area contributed by atoms with Gasteiger partial charge in [0.15, 0.2) is 0 Å². The average molecular weight is 357 g/mol. The molecule has 1 amide bonds. The van der Waals surface area contributed by atoms with Crippen LogP contribution in [0.1, 0.15) is 6.42 Å². The second kappa shape index (κ2) is 7.32. The fourth-order valence-electron chi connectivity index (χ4n) is 2.00. The highest BCUT2D eigenvalue weighted by atomic mass is 35.5. The van der Waals surface area contributed by atoms with Gasteiger partial charge in [-0.25, -0.2) is 8.42 Å². The highest BCUT2D eigenvalue weighted by molar-refractivity contribution is 7.91. The molecule has 10 heteroatoms. The molecule has 1 aromatic carbocycles. The first-order chi connectivity index (χ1) is 9.80. The number of nitrogens with one attached hydrogen (secondary N) is 2. The zero-order chi connectivity index (χ0) is 15.6. The number of hydrogen-bond acceptors (Lipinski definition) is 5. The minimum absolute atomic E-state index is 0. The van der Waals surface area contributed by atoms with Crippen LogP contribution in [0.5, 0.6) is 0 Å². The summed E-state index contributed by atoms with van der Waals surface area (Å²) in [6.45, 7) is 0.290. The summed E-state index contributed by atoms with van der Waals surface area (Å²) in [5.74, 6) is -3.98. The van der Waals surface area contributed by atoms with Gasteiger partial charge in [0.2, 0.25) is 15.7 Å². The van der Waals surface area contributed by atoms with Crippen molar-refractivity contribution in [3.05, 3.63) is 24.3 Å². The molecule has 6 nitrogen and oxygen atoms in total. The topological polar surface area (TPSA) is 95.5 Å². The van der Waals surface area contributed by atoms with Gasteiger partial charge in [0.25, 0.3) is 0 Å². The molecular formula is C12H15ClF2N2O4S. The largest absolute Gasteiger partial charge is 0.392 e. The number of amides is 1. The maximum absolute atomic E-state index is 12.5. The molecule has 0 saturated carbocycles. The Labute approximate surface area is 132 Å². The lowest BCUT2D eigenvalue weighted by atomic mass is 10.2. The van der Waals surface area contributed by atoms with E-state index >= 15 is 0 Å². The van der Waals surface area contributed by atoms with Crippen molar-refractivity contribution in [2.75, 3.05) is 11.9 Å². The number of sulfone groups is 1. The van der Waals surface area contributed by atoms with E-state index in [0.29, 0.717) is 0 Å². The van der Waals surface area contributed by atoms with Gasteiger partial charge in [-0.1, -0.05) is 6.07 Å². The van der Waals surface area contributed by atoms with Crippen molar-refractivity contribution in [3.8, 4) is 0 Å². The number of carbonyl (C=O) groups excluding carboxylic acids is 1. The van der Waals surface area contributed by atoms with Gasteiger partial charge in [-0.15, -0.1) is 12.4 Å². The molecule has 3 N–H and O–H groups in total. The number of alkyl halides is 2. The molecule has 0 spiro atoms. The van der Waals surface area contributed by atoms with Crippen LogP contribution < -0.4 is 10.6 Å².